The Morgan fingerprint density at radius 2 is 2.42 bits per heavy atom. The Morgan fingerprint density at radius 1 is 1.58 bits per heavy atom. The van der Waals surface area contributed by atoms with Gasteiger partial charge in [0.25, 0.3) is 0 Å². The highest BCUT2D eigenvalue weighted by molar-refractivity contribution is 7.13. The molecule has 0 radical (unpaired) electrons. The topological polar surface area (TPSA) is 93.6 Å². The van der Waals surface area contributed by atoms with Crippen molar-refractivity contribution in [1.29, 1.82) is 0 Å². The third kappa shape index (κ3) is 3.75. The number of aryl methyl sites for hydroxylation is 1. The van der Waals surface area contributed by atoms with Gasteiger partial charge in [0.05, 0.1) is 11.8 Å². The van der Waals surface area contributed by atoms with Crippen LogP contribution in [0.3, 0.4) is 0 Å². The second kappa shape index (κ2) is 5.91. The van der Waals surface area contributed by atoms with Crippen LogP contribution in [0.4, 0.5) is 11.0 Å². The largest absolute Gasteiger partial charge is 0.433 e. The minimum absolute atomic E-state index is 0.284. The normalized spacial score (nSPS) is 11.4. The number of aromatic nitrogens is 1. The number of nitrogens with one attached hydrogen (secondary N) is 1. The van der Waals surface area contributed by atoms with Crippen molar-refractivity contribution >= 4 is 34.6 Å². The van der Waals surface area contributed by atoms with Gasteiger partial charge in [0.15, 0.2) is 0 Å². The maximum Gasteiger partial charge on any atom is 0.433 e. The Kier molecular flexibility index (Phi) is 4.04. The lowest BCUT2D eigenvalue weighted by molar-refractivity contribution is -0.402. The lowest BCUT2D eigenvalue weighted by Crippen LogP contribution is -1.86. The van der Waals surface area contributed by atoms with Gasteiger partial charge in [0, 0.05) is 11.6 Å². The first-order chi connectivity index (χ1) is 9.15. The molecule has 0 amide bonds. The summed E-state index contributed by atoms with van der Waals surface area (Å²) < 4.78 is 4.94. The van der Waals surface area contributed by atoms with Crippen LogP contribution in [0.5, 0.6) is 0 Å². The van der Waals surface area contributed by atoms with Gasteiger partial charge in [-0.15, -0.1) is 11.3 Å². The molecule has 0 aliphatic rings. The van der Waals surface area contributed by atoms with Crippen LogP contribution in [-0.4, -0.2) is 16.1 Å². The van der Waals surface area contributed by atoms with E-state index in [4.69, 9.17) is 4.42 Å². The molecule has 0 spiro atoms. The first-order valence-electron chi connectivity index (χ1n) is 5.27. The molecule has 0 bridgehead atoms. The number of hydrogen-bond acceptors (Lipinski definition) is 7. The summed E-state index contributed by atoms with van der Waals surface area (Å²) in [6, 6.07) is 2.81. The van der Waals surface area contributed by atoms with Crippen LogP contribution in [-0.2, 0) is 0 Å². The lowest BCUT2D eigenvalue weighted by atomic mass is 10.4. The zero-order valence-corrected chi connectivity index (χ0v) is 10.8. The van der Waals surface area contributed by atoms with Gasteiger partial charge in [0.2, 0.25) is 5.13 Å². The molecule has 2 aromatic heterocycles. The molecular formula is C11H10N4O3S. The van der Waals surface area contributed by atoms with Gasteiger partial charge in [-0.3, -0.25) is 15.5 Å². The zero-order chi connectivity index (χ0) is 13.7. The summed E-state index contributed by atoms with van der Waals surface area (Å²) in [7, 11) is 0. The minimum Gasteiger partial charge on any atom is -0.401 e. The molecule has 0 aliphatic carbocycles. The molecule has 8 heteroatoms. The third-order valence-electron chi connectivity index (χ3n) is 1.99. The molecule has 7 nitrogen and oxygen atoms in total. The highest BCUT2D eigenvalue weighted by atomic mass is 32.1. The van der Waals surface area contributed by atoms with Crippen LogP contribution >= 0.6 is 11.3 Å². The third-order valence-corrected chi connectivity index (χ3v) is 2.86. The van der Waals surface area contributed by atoms with E-state index in [1.807, 2.05) is 12.3 Å². The average Bonchev–Trinajstić information content (AvgIpc) is 2.98. The molecule has 19 heavy (non-hydrogen) atoms. The first-order valence-corrected chi connectivity index (χ1v) is 6.15. The number of thiazole rings is 1. The van der Waals surface area contributed by atoms with E-state index in [1.54, 1.807) is 12.2 Å². The molecule has 0 aromatic carbocycles. The molecule has 1 N–H and O–H groups in total. The number of nitro groups is 1. The van der Waals surface area contributed by atoms with Crippen molar-refractivity contribution in [2.24, 2.45) is 5.10 Å². The van der Waals surface area contributed by atoms with Crippen molar-refractivity contribution in [2.45, 2.75) is 6.92 Å². The molecule has 0 fully saturated rings. The molecule has 2 rings (SSSR count). The van der Waals surface area contributed by atoms with E-state index in [9.17, 15) is 10.1 Å². The number of furan rings is 1. The fourth-order valence-electron chi connectivity index (χ4n) is 1.21. The van der Waals surface area contributed by atoms with Crippen molar-refractivity contribution in [3.63, 3.8) is 0 Å². The second-order valence-corrected chi connectivity index (χ2v) is 4.33. The smallest absolute Gasteiger partial charge is 0.401 e. The second-order valence-electron chi connectivity index (χ2n) is 3.48. The predicted octanol–water partition coefficient (Wildman–Crippen LogP) is 3.06. The Bertz CT molecular complexity index is 629. The fourth-order valence-corrected chi connectivity index (χ4v) is 1.85. The van der Waals surface area contributed by atoms with Crippen LogP contribution in [0.25, 0.3) is 6.08 Å². The van der Waals surface area contributed by atoms with Gasteiger partial charge >= 0.3 is 5.88 Å². The summed E-state index contributed by atoms with van der Waals surface area (Å²) in [6.45, 7) is 1.90. The van der Waals surface area contributed by atoms with E-state index in [0.29, 0.717) is 10.9 Å². The molecule has 0 saturated carbocycles. The molecule has 2 heterocycles. The SMILES string of the molecule is Cc1csc(N/N=C/C=C/c2ccc([N+](=O)[O-])o2)n1. The van der Waals surface area contributed by atoms with E-state index < -0.39 is 4.92 Å². The van der Waals surface area contributed by atoms with Crippen molar-refractivity contribution in [3.05, 3.63) is 45.2 Å². The maximum atomic E-state index is 10.4. The summed E-state index contributed by atoms with van der Waals surface area (Å²) in [5.41, 5.74) is 3.69. The van der Waals surface area contributed by atoms with Crippen LogP contribution in [0.1, 0.15) is 11.5 Å². The summed E-state index contributed by atoms with van der Waals surface area (Å²) in [6.07, 6.45) is 4.69. The highest BCUT2D eigenvalue weighted by Gasteiger charge is 2.09. The molecule has 2 aromatic rings. The molecule has 0 saturated heterocycles. The van der Waals surface area contributed by atoms with Crippen LogP contribution < -0.4 is 5.43 Å². The van der Waals surface area contributed by atoms with Crippen LogP contribution in [0.15, 0.2) is 33.1 Å². The molecular weight excluding hydrogens is 268 g/mol. The summed E-state index contributed by atoms with van der Waals surface area (Å²) in [5, 5.41) is 16.9. The van der Waals surface area contributed by atoms with Crippen molar-refractivity contribution in [1.82, 2.24) is 4.98 Å². The average molecular weight is 278 g/mol. The van der Waals surface area contributed by atoms with Gasteiger partial charge in [-0.2, -0.15) is 5.10 Å². The van der Waals surface area contributed by atoms with Gasteiger partial charge in [0.1, 0.15) is 10.7 Å². The maximum absolute atomic E-state index is 10.4. The van der Waals surface area contributed by atoms with Gasteiger partial charge in [-0.1, -0.05) is 0 Å². The van der Waals surface area contributed by atoms with E-state index in [1.165, 1.54) is 29.7 Å². The van der Waals surface area contributed by atoms with Crippen molar-refractivity contribution < 1.29 is 9.34 Å². The molecule has 0 aliphatic heterocycles. The van der Waals surface area contributed by atoms with Gasteiger partial charge in [-0.25, -0.2) is 4.98 Å². The Hall–Kier alpha value is -2.48. The summed E-state index contributed by atoms with van der Waals surface area (Å²) >= 11 is 1.46. The number of allylic oxidation sites excluding steroid dienone is 1. The first kappa shape index (κ1) is 13.0. The molecule has 0 unspecified atom stereocenters. The Morgan fingerprint density at radius 3 is 3.05 bits per heavy atom. The standard InChI is InChI=1S/C11H10N4O3S/c1-8-7-19-11(13-8)14-12-6-2-3-9-4-5-10(18-9)15(16)17/h2-7H,1H3,(H,13,14)/b3-2+,12-6+. The fraction of sp³-hybridized carbons (Fsp3) is 0.0909. The molecule has 0 atom stereocenters. The van der Waals surface area contributed by atoms with Crippen LogP contribution in [0, 0.1) is 17.0 Å². The lowest BCUT2D eigenvalue weighted by Gasteiger charge is -1.89. The van der Waals surface area contributed by atoms with E-state index in [0.717, 1.165) is 5.69 Å². The van der Waals surface area contributed by atoms with E-state index >= 15 is 0 Å². The number of hydrogen-bond donors (Lipinski definition) is 1. The minimum atomic E-state index is -0.586. The number of nitrogens with zero attached hydrogens (tertiary/aromatic N) is 3. The van der Waals surface area contributed by atoms with Crippen molar-refractivity contribution in [3.8, 4) is 0 Å². The van der Waals surface area contributed by atoms with Crippen LogP contribution in [0.2, 0.25) is 0 Å². The van der Waals surface area contributed by atoms with Gasteiger partial charge < -0.3 is 4.42 Å². The number of hydrazone groups is 1. The summed E-state index contributed by atoms with van der Waals surface area (Å²) in [4.78, 5) is 14.0. The van der Waals surface area contributed by atoms with Gasteiger partial charge in [-0.05, 0) is 25.1 Å². The number of anilines is 1. The van der Waals surface area contributed by atoms with E-state index in [-0.39, 0.29) is 5.88 Å². The van der Waals surface area contributed by atoms with E-state index in [2.05, 4.69) is 15.5 Å². The number of rotatable bonds is 5. The quantitative estimate of drug-likeness (QED) is 0.515. The Balaban J connectivity index is 1.87. The predicted molar refractivity (Wildman–Crippen MR) is 73.4 cm³/mol. The van der Waals surface area contributed by atoms with Crippen molar-refractivity contribution in [2.75, 3.05) is 5.43 Å². The summed E-state index contributed by atoms with van der Waals surface area (Å²) in [5.74, 6) is 0.108. The monoisotopic (exact) mass is 278 g/mol. The highest BCUT2D eigenvalue weighted by Crippen LogP contribution is 2.16. The zero-order valence-electron chi connectivity index (χ0n) is 9.94. The Labute approximate surface area is 112 Å². The molecule has 98 valence electrons.